The summed E-state index contributed by atoms with van der Waals surface area (Å²) >= 11 is 6.03. The van der Waals surface area contributed by atoms with E-state index in [1.807, 2.05) is 30.7 Å². The molecular formula is C14H14ClN5. The van der Waals surface area contributed by atoms with Crippen molar-refractivity contribution in [3.05, 3.63) is 48.1 Å². The highest BCUT2D eigenvalue weighted by molar-refractivity contribution is 6.31. The molecule has 0 amide bonds. The molecule has 0 radical (unpaired) electrons. The van der Waals surface area contributed by atoms with Gasteiger partial charge in [-0.1, -0.05) is 11.6 Å². The molecule has 0 atom stereocenters. The third-order valence-corrected chi connectivity index (χ3v) is 3.30. The van der Waals surface area contributed by atoms with Gasteiger partial charge < -0.3 is 9.88 Å². The second-order valence-electron chi connectivity index (χ2n) is 4.50. The first kappa shape index (κ1) is 12.9. The summed E-state index contributed by atoms with van der Waals surface area (Å²) in [5.74, 6) is 0. The topological polar surface area (TPSA) is 55.6 Å². The number of nitrogens with zero attached hydrogens (tertiary/aromatic N) is 4. The summed E-state index contributed by atoms with van der Waals surface area (Å²) in [4.78, 5) is 4.02. The van der Waals surface area contributed by atoms with E-state index in [0.29, 0.717) is 5.02 Å². The number of fused-ring (bicyclic) bond motifs is 1. The van der Waals surface area contributed by atoms with Gasteiger partial charge in [-0.15, -0.1) is 0 Å². The summed E-state index contributed by atoms with van der Waals surface area (Å²) in [6.07, 6.45) is 8.30. The van der Waals surface area contributed by atoms with Gasteiger partial charge in [0, 0.05) is 35.9 Å². The second-order valence-corrected chi connectivity index (χ2v) is 4.94. The fourth-order valence-electron chi connectivity index (χ4n) is 2.07. The molecule has 0 aliphatic heterocycles. The molecule has 3 rings (SSSR count). The molecule has 2 heterocycles. The number of anilines is 1. The van der Waals surface area contributed by atoms with Crippen LogP contribution in [-0.2, 0) is 6.54 Å². The van der Waals surface area contributed by atoms with Crippen LogP contribution in [0, 0.1) is 0 Å². The van der Waals surface area contributed by atoms with E-state index in [-0.39, 0.29) is 0 Å². The fraction of sp³-hybridized carbons (Fsp3) is 0.214. The van der Waals surface area contributed by atoms with Gasteiger partial charge in [0.05, 0.1) is 23.7 Å². The van der Waals surface area contributed by atoms with Crippen molar-refractivity contribution >= 4 is 28.2 Å². The van der Waals surface area contributed by atoms with Crippen molar-refractivity contribution in [3.8, 4) is 0 Å². The predicted molar refractivity (Wildman–Crippen MR) is 79.9 cm³/mol. The molecule has 0 spiro atoms. The molecule has 6 heteroatoms. The number of imidazole rings is 1. The number of aromatic nitrogens is 4. The molecule has 1 N–H and O–H groups in total. The molecule has 2 aromatic heterocycles. The van der Waals surface area contributed by atoms with E-state index in [4.69, 9.17) is 11.6 Å². The first-order valence-corrected chi connectivity index (χ1v) is 6.81. The Labute approximate surface area is 121 Å². The van der Waals surface area contributed by atoms with Crippen LogP contribution < -0.4 is 5.32 Å². The lowest BCUT2D eigenvalue weighted by molar-refractivity contribution is 0.661. The van der Waals surface area contributed by atoms with E-state index in [2.05, 4.69) is 25.1 Å². The molecule has 0 fully saturated rings. The van der Waals surface area contributed by atoms with Crippen molar-refractivity contribution in [2.75, 3.05) is 11.9 Å². The van der Waals surface area contributed by atoms with Gasteiger partial charge in [-0.25, -0.2) is 4.98 Å². The number of hydrogen-bond acceptors (Lipinski definition) is 4. The first-order chi connectivity index (χ1) is 9.83. The van der Waals surface area contributed by atoms with Gasteiger partial charge in [0.15, 0.2) is 0 Å². The molecule has 0 aliphatic carbocycles. The van der Waals surface area contributed by atoms with Crippen molar-refractivity contribution in [2.45, 2.75) is 13.0 Å². The molecule has 0 unspecified atom stereocenters. The van der Waals surface area contributed by atoms with E-state index in [1.54, 1.807) is 12.4 Å². The summed E-state index contributed by atoms with van der Waals surface area (Å²) < 4.78 is 2.06. The maximum absolute atomic E-state index is 6.03. The smallest absolute Gasteiger partial charge is 0.0951 e. The lowest BCUT2D eigenvalue weighted by Crippen LogP contribution is -2.06. The molecule has 0 aliphatic rings. The van der Waals surface area contributed by atoms with Crippen LogP contribution >= 0.6 is 11.6 Å². The average molecular weight is 288 g/mol. The molecule has 0 bridgehead atoms. The minimum Gasteiger partial charge on any atom is -0.383 e. The molecule has 0 saturated carbocycles. The van der Waals surface area contributed by atoms with Crippen LogP contribution in [0.5, 0.6) is 0 Å². The molecule has 102 valence electrons. The highest BCUT2D eigenvalue weighted by atomic mass is 35.5. The van der Waals surface area contributed by atoms with E-state index < -0.39 is 0 Å². The van der Waals surface area contributed by atoms with Crippen molar-refractivity contribution in [1.82, 2.24) is 19.7 Å². The maximum Gasteiger partial charge on any atom is 0.0951 e. The molecule has 5 nitrogen and oxygen atoms in total. The van der Waals surface area contributed by atoms with E-state index in [1.165, 1.54) is 0 Å². The lowest BCUT2D eigenvalue weighted by atomic mass is 10.2. The quantitative estimate of drug-likeness (QED) is 0.733. The number of hydrogen-bond donors (Lipinski definition) is 1. The maximum atomic E-state index is 6.03. The van der Waals surface area contributed by atoms with Crippen LogP contribution in [0.4, 0.5) is 5.69 Å². The highest BCUT2D eigenvalue weighted by Gasteiger charge is 2.03. The molecule has 3 aromatic rings. The lowest BCUT2D eigenvalue weighted by Gasteiger charge is -2.09. The Hall–Kier alpha value is -2.14. The average Bonchev–Trinajstić information content (AvgIpc) is 2.97. The summed E-state index contributed by atoms with van der Waals surface area (Å²) in [5.41, 5.74) is 1.80. The predicted octanol–water partition coefficient (Wildman–Crippen LogP) is 2.98. The molecule has 1 aromatic carbocycles. The van der Waals surface area contributed by atoms with E-state index >= 15 is 0 Å². The summed E-state index contributed by atoms with van der Waals surface area (Å²) in [5, 5.41) is 13.2. The normalized spacial score (nSPS) is 10.8. The number of halogens is 1. The standard InChI is InChI=1S/C14H14ClN5/c15-11-2-3-13-12(8-11)14(9-18-19-13)17-4-1-6-20-7-5-16-10-20/h2-3,5,7-10H,1,4,6H2,(H,17,19). The number of nitrogens with one attached hydrogen (secondary N) is 1. The van der Waals surface area contributed by atoms with Gasteiger partial charge in [-0.2, -0.15) is 10.2 Å². The minimum atomic E-state index is 0.701. The SMILES string of the molecule is Clc1ccc2nncc(NCCCn3ccnc3)c2c1. The van der Waals surface area contributed by atoms with Crippen molar-refractivity contribution in [2.24, 2.45) is 0 Å². The van der Waals surface area contributed by atoms with Gasteiger partial charge >= 0.3 is 0 Å². The number of aryl methyl sites for hydroxylation is 1. The van der Waals surface area contributed by atoms with Crippen LogP contribution in [-0.4, -0.2) is 26.3 Å². The second kappa shape index (κ2) is 5.88. The summed E-state index contributed by atoms with van der Waals surface area (Å²) in [6.45, 7) is 1.79. The molecule has 20 heavy (non-hydrogen) atoms. The minimum absolute atomic E-state index is 0.701. The van der Waals surface area contributed by atoms with Crippen LogP contribution in [0.1, 0.15) is 6.42 Å². The zero-order valence-electron chi connectivity index (χ0n) is 10.8. The van der Waals surface area contributed by atoms with Crippen molar-refractivity contribution in [3.63, 3.8) is 0 Å². The Morgan fingerprint density at radius 1 is 1.30 bits per heavy atom. The van der Waals surface area contributed by atoms with E-state index in [9.17, 15) is 0 Å². The van der Waals surface area contributed by atoms with Crippen LogP contribution in [0.2, 0.25) is 5.02 Å². The Morgan fingerprint density at radius 2 is 2.25 bits per heavy atom. The molecule has 0 saturated heterocycles. The van der Waals surface area contributed by atoms with Crippen LogP contribution in [0.25, 0.3) is 10.9 Å². The number of rotatable bonds is 5. The zero-order valence-corrected chi connectivity index (χ0v) is 11.6. The monoisotopic (exact) mass is 287 g/mol. The Morgan fingerprint density at radius 3 is 3.10 bits per heavy atom. The third-order valence-electron chi connectivity index (χ3n) is 3.07. The van der Waals surface area contributed by atoms with Crippen LogP contribution in [0.15, 0.2) is 43.1 Å². The summed E-state index contributed by atoms with van der Waals surface area (Å²) in [6, 6.07) is 5.60. The zero-order chi connectivity index (χ0) is 13.8. The van der Waals surface area contributed by atoms with Gasteiger partial charge in [-0.3, -0.25) is 0 Å². The highest BCUT2D eigenvalue weighted by Crippen LogP contribution is 2.23. The largest absolute Gasteiger partial charge is 0.383 e. The van der Waals surface area contributed by atoms with Crippen molar-refractivity contribution < 1.29 is 0 Å². The van der Waals surface area contributed by atoms with Gasteiger partial charge in [0.2, 0.25) is 0 Å². The fourth-order valence-corrected chi connectivity index (χ4v) is 2.25. The van der Waals surface area contributed by atoms with Gasteiger partial charge in [0.25, 0.3) is 0 Å². The van der Waals surface area contributed by atoms with Crippen molar-refractivity contribution in [1.29, 1.82) is 0 Å². The van der Waals surface area contributed by atoms with E-state index in [0.717, 1.165) is 36.1 Å². The van der Waals surface area contributed by atoms with Gasteiger partial charge in [-0.05, 0) is 24.6 Å². The first-order valence-electron chi connectivity index (χ1n) is 6.43. The summed E-state index contributed by atoms with van der Waals surface area (Å²) in [7, 11) is 0. The molecular weight excluding hydrogens is 274 g/mol. The Balaban J connectivity index is 1.66. The Kier molecular flexibility index (Phi) is 3.78. The van der Waals surface area contributed by atoms with Gasteiger partial charge in [0.1, 0.15) is 0 Å². The third kappa shape index (κ3) is 2.88. The number of benzene rings is 1. The van der Waals surface area contributed by atoms with Crippen LogP contribution in [0.3, 0.4) is 0 Å². The Bertz CT molecular complexity index is 696.